The molecule has 0 unspecified atom stereocenters. The van der Waals surface area contributed by atoms with E-state index in [9.17, 15) is 19.0 Å². The molecule has 0 aliphatic carbocycles. The molecule has 10 heteroatoms. The Kier molecular flexibility index (Phi) is 6.76. The second kappa shape index (κ2) is 9.79. The second-order valence-electron chi connectivity index (χ2n) is 9.58. The topological polar surface area (TPSA) is 122 Å². The maximum atomic E-state index is 13.1. The Morgan fingerprint density at radius 1 is 1.06 bits per heavy atom. The number of rotatable bonds is 4. The van der Waals surface area contributed by atoms with Crippen molar-refractivity contribution in [3.63, 3.8) is 0 Å². The van der Waals surface area contributed by atoms with Crippen LogP contribution in [0.25, 0.3) is 0 Å². The summed E-state index contributed by atoms with van der Waals surface area (Å²) in [6.45, 7) is 2.62. The SMILES string of the molecule is O=C(c1cc(NC2CCS(O)(O)CC2)ncn1)N1CC[C@@H](N2CCc3ccccc3C2)[C@H](O)C1. The van der Waals surface area contributed by atoms with Crippen LogP contribution in [0.4, 0.5) is 5.82 Å². The van der Waals surface area contributed by atoms with Crippen molar-refractivity contribution in [2.75, 3.05) is 36.5 Å². The van der Waals surface area contributed by atoms with Gasteiger partial charge >= 0.3 is 0 Å². The molecule has 0 bridgehead atoms. The van der Waals surface area contributed by atoms with E-state index >= 15 is 0 Å². The molecule has 1 aromatic carbocycles. The van der Waals surface area contributed by atoms with Crippen LogP contribution in [0, 0.1) is 0 Å². The number of aromatic nitrogens is 2. The predicted octanol–water partition coefficient (Wildman–Crippen LogP) is 2.44. The number of fused-ring (bicyclic) bond motifs is 1. The van der Waals surface area contributed by atoms with Crippen molar-refractivity contribution >= 4 is 22.3 Å². The van der Waals surface area contributed by atoms with Crippen LogP contribution >= 0.6 is 10.6 Å². The van der Waals surface area contributed by atoms with Crippen molar-refractivity contribution in [3.8, 4) is 0 Å². The third kappa shape index (κ3) is 5.21. The number of hydrogen-bond acceptors (Lipinski definition) is 8. The molecule has 4 N–H and O–H groups in total. The number of carbonyl (C=O) groups excluding carboxylic acids is 1. The van der Waals surface area contributed by atoms with Gasteiger partial charge in [-0.3, -0.25) is 18.8 Å². The number of benzene rings is 1. The van der Waals surface area contributed by atoms with Crippen molar-refractivity contribution in [3.05, 3.63) is 53.5 Å². The normalized spacial score (nSPS) is 26.5. The van der Waals surface area contributed by atoms with Gasteiger partial charge in [-0.1, -0.05) is 24.3 Å². The van der Waals surface area contributed by atoms with Gasteiger partial charge in [0.25, 0.3) is 5.91 Å². The minimum Gasteiger partial charge on any atom is -0.390 e. The lowest BCUT2D eigenvalue weighted by Crippen LogP contribution is -2.56. The summed E-state index contributed by atoms with van der Waals surface area (Å²) in [5, 5.41) is 14.2. The first kappa shape index (κ1) is 23.5. The van der Waals surface area contributed by atoms with Crippen molar-refractivity contribution in [1.29, 1.82) is 0 Å². The van der Waals surface area contributed by atoms with Crippen molar-refractivity contribution in [2.45, 2.75) is 50.4 Å². The lowest BCUT2D eigenvalue weighted by molar-refractivity contribution is -0.0139. The van der Waals surface area contributed by atoms with Crippen LogP contribution in [0.5, 0.6) is 0 Å². The molecule has 3 aliphatic heterocycles. The van der Waals surface area contributed by atoms with Crippen molar-refractivity contribution < 1.29 is 19.0 Å². The summed E-state index contributed by atoms with van der Waals surface area (Å²) in [5.41, 5.74) is 3.01. The molecule has 0 spiro atoms. The Hall–Kier alpha value is -2.24. The number of hydrogen-bond donors (Lipinski definition) is 4. The van der Waals surface area contributed by atoms with Crippen LogP contribution in [0.15, 0.2) is 36.7 Å². The van der Waals surface area contributed by atoms with E-state index in [0.717, 1.165) is 25.9 Å². The minimum atomic E-state index is -2.44. The average Bonchev–Trinajstić information content (AvgIpc) is 2.85. The van der Waals surface area contributed by atoms with E-state index in [1.165, 1.54) is 17.5 Å². The van der Waals surface area contributed by atoms with Crippen molar-refractivity contribution in [2.24, 2.45) is 0 Å². The third-order valence-electron chi connectivity index (χ3n) is 7.29. The number of carbonyl (C=O) groups is 1. The zero-order valence-corrected chi connectivity index (χ0v) is 20.0. The molecule has 184 valence electrons. The second-order valence-corrected chi connectivity index (χ2v) is 12.0. The molecular formula is C24H33N5O4S. The number of aliphatic hydroxyl groups is 1. The molecule has 2 fully saturated rings. The molecule has 0 radical (unpaired) electrons. The van der Waals surface area contributed by atoms with E-state index in [4.69, 9.17) is 0 Å². The quantitative estimate of drug-likeness (QED) is 0.519. The number of β-amino-alcohol motifs (C(OH)–C–C–N with tert-alkyl or cyclic N) is 1. The Labute approximate surface area is 201 Å². The summed E-state index contributed by atoms with van der Waals surface area (Å²) in [6.07, 6.45) is 3.77. The van der Waals surface area contributed by atoms with Crippen LogP contribution in [0.1, 0.15) is 40.9 Å². The van der Waals surface area contributed by atoms with E-state index in [0.29, 0.717) is 42.4 Å². The maximum Gasteiger partial charge on any atom is 0.272 e. The van der Waals surface area contributed by atoms with E-state index in [-0.39, 0.29) is 24.5 Å². The van der Waals surface area contributed by atoms with E-state index in [2.05, 4.69) is 44.5 Å². The molecule has 34 heavy (non-hydrogen) atoms. The Morgan fingerprint density at radius 2 is 1.82 bits per heavy atom. The molecule has 3 aliphatic rings. The van der Waals surface area contributed by atoms with Crippen molar-refractivity contribution in [1.82, 2.24) is 19.8 Å². The monoisotopic (exact) mass is 487 g/mol. The van der Waals surface area contributed by atoms with Gasteiger partial charge in [0.15, 0.2) is 0 Å². The fourth-order valence-corrected chi connectivity index (χ4v) is 6.84. The predicted molar refractivity (Wildman–Crippen MR) is 132 cm³/mol. The standard InChI is InChI=1S/C24H33N5O4S/c30-22-15-29(10-6-21(22)28-9-5-17-3-1-2-4-18(17)14-28)24(31)20-13-23(26-16-25-20)27-19-7-11-34(32,33)12-8-19/h1-4,13,16,19,21-22,30,32-33H,5-12,14-15H2,(H,25,26,27)/t21-,22-/m1/s1. The molecule has 1 aromatic heterocycles. The summed E-state index contributed by atoms with van der Waals surface area (Å²) < 4.78 is 19.6. The number of anilines is 1. The van der Waals surface area contributed by atoms with E-state index in [1.807, 2.05) is 0 Å². The van der Waals surface area contributed by atoms with Gasteiger partial charge in [0.2, 0.25) is 0 Å². The zero-order chi connectivity index (χ0) is 23.7. The largest absolute Gasteiger partial charge is 0.390 e. The number of likely N-dealkylation sites (tertiary alicyclic amines) is 1. The van der Waals surface area contributed by atoms with E-state index in [1.54, 1.807) is 11.0 Å². The lowest BCUT2D eigenvalue weighted by Gasteiger charge is -2.43. The fraction of sp³-hybridized carbons (Fsp3) is 0.542. The van der Waals surface area contributed by atoms with Crippen LogP contribution in [-0.2, 0) is 13.0 Å². The van der Waals surface area contributed by atoms with Gasteiger partial charge < -0.3 is 15.3 Å². The van der Waals surface area contributed by atoms with Gasteiger partial charge in [-0.05, 0) is 36.8 Å². The third-order valence-corrected chi connectivity index (χ3v) is 9.07. The Morgan fingerprint density at radius 3 is 2.59 bits per heavy atom. The molecule has 4 heterocycles. The fourth-order valence-electron chi connectivity index (χ4n) is 5.31. The first-order chi connectivity index (χ1) is 16.4. The molecule has 9 nitrogen and oxygen atoms in total. The molecule has 0 saturated carbocycles. The maximum absolute atomic E-state index is 13.1. The van der Waals surface area contributed by atoms with Crippen LogP contribution in [0.2, 0.25) is 0 Å². The van der Waals surface area contributed by atoms with Crippen LogP contribution in [0.3, 0.4) is 0 Å². The van der Waals surface area contributed by atoms with Gasteiger partial charge in [-0.25, -0.2) is 9.97 Å². The number of nitrogens with one attached hydrogen (secondary N) is 1. The Balaban J connectivity index is 1.18. The number of nitrogens with zero attached hydrogens (tertiary/aromatic N) is 4. The molecular weight excluding hydrogens is 454 g/mol. The molecule has 2 atom stereocenters. The summed E-state index contributed by atoms with van der Waals surface area (Å²) >= 11 is 0. The highest BCUT2D eigenvalue weighted by molar-refractivity contribution is 8.24. The number of aliphatic hydroxyl groups excluding tert-OH is 1. The van der Waals surface area contributed by atoms with Gasteiger partial charge in [0.1, 0.15) is 17.8 Å². The van der Waals surface area contributed by atoms with Crippen LogP contribution < -0.4 is 5.32 Å². The highest BCUT2D eigenvalue weighted by Crippen LogP contribution is 2.44. The Bertz CT molecular complexity index is 1030. The zero-order valence-electron chi connectivity index (χ0n) is 19.2. The highest BCUT2D eigenvalue weighted by Gasteiger charge is 2.35. The summed E-state index contributed by atoms with van der Waals surface area (Å²) in [7, 11) is -2.44. The van der Waals surface area contributed by atoms with Gasteiger partial charge in [-0.15, -0.1) is 0 Å². The van der Waals surface area contributed by atoms with Gasteiger partial charge in [0.05, 0.1) is 6.10 Å². The smallest absolute Gasteiger partial charge is 0.272 e. The van der Waals surface area contributed by atoms with Crippen LogP contribution in [-0.4, -0.2) is 89.2 Å². The summed E-state index contributed by atoms with van der Waals surface area (Å²) in [4.78, 5) is 25.6. The molecule has 1 amide bonds. The number of amides is 1. The summed E-state index contributed by atoms with van der Waals surface area (Å²) in [5.74, 6) is 1.13. The summed E-state index contributed by atoms with van der Waals surface area (Å²) in [6, 6.07) is 10.2. The number of piperidine rings is 1. The first-order valence-electron chi connectivity index (χ1n) is 12.0. The first-order valence-corrected chi connectivity index (χ1v) is 13.9. The minimum absolute atomic E-state index is 0.0404. The lowest BCUT2D eigenvalue weighted by atomic mass is 9.94. The van der Waals surface area contributed by atoms with E-state index < -0.39 is 16.7 Å². The highest BCUT2D eigenvalue weighted by atomic mass is 32.3. The molecule has 5 rings (SSSR count). The van der Waals surface area contributed by atoms with Gasteiger partial charge in [-0.2, -0.15) is 10.6 Å². The average molecular weight is 488 g/mol. The molecule has 2 aromatic rings. The van der Waals surface area contributed by atoms with Gasteiger partial charge in [0, 0.05) is 55.8 Å². The molecule has 2 saturated heterocycles.